The number of carbonyl (C=O) groups is 1. The number of carbonyl (C=O) groups excluding carboxylic acids is 1. The maximum Gasteiger partial charge on any atom is 0.257 e. The van der Waals surface area contributed by atoms with Crippen LogP contribution in [0.4, 0.5) is 0 Å². The van der Waals surface area contributed by atoms with Crippen LogP contribution in [0.25, 0.3) is 0 Å². The highest BCUT2D eigenvalue weighted by molar-refractivity contribution is 5.93. The van der Waals surface area contributed by atoms with E-state index in [4.69, 9.17) is 4.42 Å². The van der Waals surface area contributed by atoms with E-state index in [0.29, 0.717) is 17.4 Å². The van der Waals surface area contributed by atoms with Crippen LogP contribution in [-0.2, 0) is 6.54 Å². The number of amides is 1. The summed E-state index contributed by atoms with van der Waals surface area (Å²) in [5, 5.41) is 0. The molecule has 0 bridgehead atoms. The number of nitrogens with zero attached hydrogens (tertiary/aromatic N) is 3. The van der Waals surface area contributed by atoms with Gasteiger partial charge in [-0.15, -0.1) is 0 Å². The Labute approximate surface area is 129 Å². The van der Waals surface area contributed by atoms with Crippen LogP contribution in [0.2, 0.25) is 0 Å². The number of rotatable bonds is 4. The van der Waals surface area contributed by atoms with Crippen LogP contribution in [0.3, 0.4) is 0 Å². The van der Waals surface area contributed by atoms with E-state index in [1.54, 1.807) is 12.3 Å². The van der Waals surface area contributed by atoms with Crippen LogP contribution in [0, 0.1) is 12.8 Å². The first-order valence-corrected chi connectivity index (χ1v) is 8.06. The molecule has 1 aliphatic carbocycles. The fourth-order valence-electron chi connectivity index (χ4n) is 3.38. The van der Waals surface area contributed by atoms with E-state index in [2.05, 4.69) is 16.5 Å². The lowest BCUT2D eigenvalue weighted by Gasteiger charge is -2.17. The predicted molar refractivity (Wildman–Crippen MR) is 81.7 cm³/mol. The minimum atomic E-state index is 0.0843. The summed E-state index contributed by atoms with van der Waals surface area (Å²) in [7, 11) is 0. The molecule has 1 atom stereocenters. The SMILES string of the molecule is Cc1cnc(C2CC2)n1CC1CCN(C(=O)c2ccoc2)C1. The topological polar surface area (TPSA) is 51.3 Å². The van der Waals surface area contributed by atoms with Gasteiger partial charge in [-0.3, -0.25) is 4.79 Å². The van der Waals surface area contributed by atoms with E-state index in [0.717, 1.165) is 26.1 Å². The van der Waals surface area contributed by atoms with Crippen molar-refractivity contribution in [3.8, 4) is 0 Å². The minimum Gasteiger partial charge on any atom is -0.472 e. The average molecular weight is 299 g/mol. The molecule has 2 aromatic heterocycles. The molecule has 3 heterocycles. The minimum absolute atomic E-state index is 0.0843. The molecular formula is C17H21N3O2. The fourth-order valence-corrected chi connectivity index (χ4v) is 3.38. The molecule has 1 amide bonds. The Morgan fingerprint density at radius 3 is 3.00 bits per heavy atom. The number of furan rings is 1. The van der Waals surface area contributed by atoms with E-state index >= 15 is 0 Å². The molecule has 0 aromatic carbocycles. The van der Waals surface area contributed by atoms with Crippen molar-refractivity contribution < 1.29 is 9.21 Å². The molecule has 116 valence electrons. The smallest absolute Gasteiger partial charge is 0.257 e. The zero-order valence-corrected chi connectivity index (χ0v) is 12.9. The maximum atomic E-state index is 12.4. The zero-order chi connectivity index (χ0) is 15.1. The largest absolute Gasteiger partial charge is 0.472 e. The van der Waals surface area contributed by atoms with Gasteiger partial charge < -0.3 is 13.9 Å². The van der Waals surface area contributed by atoms with Crippen molar-refractivity contribution in [2.45, 2.75) is 38.6 Å². The number of aryl methyl sites for hydroxylation is 1. The lowest BCUT2D eigenvalue weighted by molar-refractivity contribution is 0.0785. The van der Waals surface area contributed by atoms with Gasteiger partial charge >= 0.3 is 0 Å². The van der Waals surface area contributed by atoms with Crippen LogP contribution >= 0.6 is 0 Å². The molecule has 4 rings (SSSR count). The molecule has 2 fully saturated rings. The molecule has 0 radical (unpaired) electrons. The molecule has 1 unspecified atom stereocenters. The predicted octanol–water partition coefficient (Wildman–Crippen LogP) is 2.82. The monoisotopic (exact) mass is 299 g/mol. The Morgan fingerprint density at radius 1 is 1.41 bits per heavy atom. The van der Waals surface area contributed by atoms with Gasteiger partial charge in [0.05, 0.1) is 11.8 Å². The van der Waals surface area contributed by atoms with Gasteiger partial charge in [-0.05, 0) is 38.2 Å². The van der Waals surface area contributed by atoms with Gasteiger partial charge in [-0.2, -0.15) is 0 Å². The van der Waals surface area contributed by atoms with Gasteiger partial charge in [0.2, 0.25) is 0 Å². The van der Waals surface area contributed by atoms with Crippen LogP contribution in [0.15, 0.2) is 29.2 Å². The van der Waals surface area contributed by atoms with Crippen LogP contribution in [0.5, 0.6) is 0 Å². The number of hydrogen-bond acceptors (Lipinski definition) is 3. The van der Waals surface area contributed by atoms with Gasteiger partial charge in [0, 0.05) is 37.4 Å². The highest BCUT2D eigenvalue weighted by Gasteiger charge is 2.32. The van der Waals surface area contributed by atoms with Gasteiger partial charge in [0.15, 0.2) is 0 Å². The van der Waals surface area contributed by atoms with Crippen molar-refractivity contribution >= 4 is 5.91 Å². The van der Waals surface area contributed by atoms with E-state index in [1.807, 2.05) is 11.1 Å². The summed E-state index contributed by atoms with van der Waals surface area (Å²) in [4.78, 5) is 18.9. The number of imidazole rings is 1. The van der Waals surface area contributed by atoms with Crippen molar-refractivity contribution in [3.63, 3.8) is 0 Å². The third-order valence-corrected chi connectivity index (χ3v) is 4.81. The van der Waals surface area contributed by atoms with E-state index in [-0.39, 0.29) is 5.91 Å². The second kappa shape index (κ2) is 5.30. The van der Waals surface area contributed by atoms with E-state index in [1.165, 1.54) is 30.6 Å². The number of likely N-dealkylation sites (tertiary alicyclic amines) is 1. The molecule has 5 nitrogen and oxygen atoms in total. The Morgan fingerprint density at radius 2 is 2.27 bits per heavy atom. The second-order valence-electron chi connectivity index (χ2n) is 6.56. The molecule has 1 aliphatic heterocycles. The van der Waals surface area contributed by atoms with Crippen LogP contribution < -0.4 is 0 Å². The van der Waals surface area contributed by atoms with Gasteiger partial charge in [-0.1, -0.05) is 0 Å². The Bertz CT molecular complexity index is 670. The number of aromatic nitrogens is 2. The van der Waals surface area contributed by atoms with E-state index < -0.39 is 0 Å². The molecular weight excluding hydrogens is 278 g/mol. The highest BCUT2D eigenvalue weighted by Crippen LogP contribution is 2.40. The van der Waals surface area contributed by atoms with Gasteiger partial charge in [0.1, 0.15) is 12.1 Å². The quantitative estimate of drug-likeness (QED) is 0.872. The molecule has 2 aliphatic rings. The van der Waals surface area contributed by atoms with Crippen molar-refractivity contribution in [2.24, 2.45) is 5.92 Å². The second-order valence-corrected chi connectivity index (χ2v) is 6.56. The van der Waals surface area contributed by atoms with Gasteiger partial charge in [0.25, 0.3) is 5.91 Å². The third-order valence-electron chi connectivity index (χ3n) is 4.81. The highest BCUT2D eigenvalue weighted by atomic mass is 16.3. The van der Waals surface area contributed by atoms with Crippen LogP contribution in [-0.4, -0.2) is 33.4 Å². The summed E-state index contributed by atoms with van der Waals surface area (Å²) in [6, 6.07) is 1.74. The fraction of sp³-hybridized carbons (Fsp3) is 0.529. The Balaban J connectivity index is 1.43. The average Bonchev–Trinajstić information content (AvgIpc) is 2.95. The first-order valence-electron chi connectivity index (χ1n) is 8.06. The zero-order valence-electron chi connectivity index (χ0n) is 12.9. The van der Waals surface area contributed by atoms with Crippen LogP contribution in [0.1, 0.15) is 47.1 Å². The van der Waals surface area contributed by atoms with Crippen molar-refractivity contribution in [3.05, 3.63) is 41.9 Å². The van der Waals surface area contributed by atoms with E-state index in [9.17, 15) is 4.79 Å². The summed E-state index contributed by atoms with van der Waals surface area (Å²) >= 11 is 0. The summed E-state index contributed by atoms with van der Waals surface area (Å²) in [5.74, 6) is 2.51. The maximum absolute atomic E-state index is 12.4. The third kappa shape index (κ3) is 2.45. The van der Waals surface area contributed by atoms with Crippen molar-refractivity contribution in [2.75, 3.05) is 13.1 Å². The standard InChI is InChI=1S/C17H21N3O2/c1-12-8-18-16(14-2-3-14)20(12)10-13-4-6-19(9-13)17(21)15-5-7-22-11-15/h5,7-8,11,13-14H,2-4,6,9-10H2,1H3. The molecule has 0 N–H and O–H groups in total. The van der Waals surface area contributed by atoms with Crippen molar-refractivity contribution in [1.29, 1.82) is 0 Å². The summed E-state index contributed by atoms with van der Waals surface area (Å²) in [6.07, 6.45) is 8.67. The van der Waals surface area contributed by atoms with Crippen molar-refractivity contribution in [1.82, 2.24) is 14.5 Å². The molecule has 22 heavy (non-hydrogen) atoms. The lowest BCUT2D eigenvalue weighted by Crippen LogP contribution is -2.29. The first kappa shape index (κ1) is 13.6. The molecule has 1 saturated carbocycles. The lowest BCUT2D eigenvalue weighted by atomic mass is 10.1. The summed E-state index contributed by atoms with van der Waals surface area (Å²) < 4.78 is 7.38. The first-order chi connectivity index (χ1) is 10.7. The number of hydrogen-bond donors (Lipinski definition) is 0. The molecule has 0 spiro atoms. The molecule has 1 saturated heterocycles. The molecule has 2 aromatic rings. The molecule has 5 heteroatoms. The van der Waals surface area contributed by atoms with Gasteiger partial charge in [-0.25, -0.2) is 4.98 Å². The summed E-state index contributed by atoms with van der Waals surface area (Å²) in [6.45, 7) is 4.77. The Kier molecular flexibility index (Phi) is 3.28. The summed E-state index contributed by atoms with van der Waals surface area (Å²) in [5.41, 5.74) is 1.89. The Hall–Kier alpha value is -2.04. The normalized spacial score (nSPS) is 21.5.